The Labute approximate surface area is 98.9 Å². The highest BCUT2D eigenvalue weighted by molar-refractivity contribution is 5.83. The van der Waals surface area contributed by atoms with E-state index in [0.29, 0.717) is 25.8 Å². The van der Waals surface area contributed by atoms with E-state index in [1.54, 1.807) is 6.92 Å². The largest absolute Gasteiger partial charge is 0.480 e. The van der Waals surface area contributed by atoms with Gasteiger partial charge in [0.1, 0.15) is 6.04 Å². The zero-order valence-electron chi connectivity index (χ0n) is 9.66. The zero-order valence-corrected chi connectivity index (χ0v) is 9.66. The fourth-order valence-corrected chi connectivity index (χ4v) is 1.58. The summed E-state index contributed by atoms with van der Waals surface area (Å²) in [7, 11) is 0. The molecule has 17 heavy (non-hydrogen) atoms. The Hall–Kier alpha value is -1.79. The molecule has 0 aromatic carbocycles. The van der Waals surface area contributed by atoms with Gasteiger partial charge in [0.2, 0.25) is 5.91 Å². The Morgan fingerprint density at radius 3 is 2.76 bits per heavy atom. The molecule has 1 saturated heterocycles. The Balaban J connectivity index is 2.34. The van der Waals surface area contributed by atoms with E-state index in [1.807, 2.05) is 0 Å². The third-order valence-electron chi connectivity index (χ3n) is 2.61. The fraction of sp³-hybridized carbons (Fsp3) is 0.700. The number of hydrogen-bond donors (Lipinski definition) is 4. The lowest BCUT2D eigenvalue weighted by Crippen LogP contribution is -2.53. The smallest absolute Gasteiger partial charge is 0.326 e. The standard InChI is InChI=1S/C10H17N3O4/c1-2-7(9(15)16)13-10(17)12-6-3-4-8(14)11-5-6/h6-7H,2-5H2,1H3,(H,11,14)(H,15,16)(H2,12,13,17)/t6?,7-/m1/s1. The van der Waals surface area contributed by atoms with Crippen LogP contribution in [0.2, 0.25) is 0 Å². The monoisotopic (exact) mass is 243 g/mol. The van der Waals surface area contributed by atoms with Crippen molar-refractivity contribution in [3.63, 3.8) is 0 Å². The van der Waals surface area contributed by atoms with Crippen molar-refractivity contribution in [2.75, 3.05) is 6.54 Å². The van der Waals surface area contributed by atoms with Crippen LogP contribution in [0, 0.1) is 0 Å². The second-order valence-electron chi connectivity index (χ2n) is 3.96. The number of carboxylic acid groups (broad SMARTS) is 1. The van der Waals surface area contributed by atoms with Crippen LogP contribution in [0.15, 0.2) is 0 Å². The van der Waals surface area contributed by atoms with E-state index in [2.05, 4.69) is 16.0 Å². The Morgan fingerprint density at radius 1 is 1.59 bits per heavy atom. The van der Waals surface area contributed by atoms with Crippen LogP contribution in [-0.4, -0.2) is 41.6 Å². The number of aliphatic carboxylic acids is 1. The molecular formula is C10H17N3O4. The molecule has 1 aliphatic heterocycles. The van der Waals surface area contributed by atoms with E-state index >= 15 is 0 Å². The normalized spacial score (nSPS) is 21.2. The van der Waals surface area contributed by atoms with Crippen molar-refractivity contribution in [3.05, 3.63) is 0 Å². The molecule has 0 aromatic rings. The second kappa shape index (κ2) is 6.07. The lowest BCUT2D eigenvalue weighted by atomic mass is 10.1. The summed E-state index contributed by atoms with van der Waals surface area (Å²) in [4.78, 5) is 33.1. The molecule has 7 heteroatoms. The van der Waals surface area contributed by atoms with Crippen LogP contribution in [0.4, 0.5) is 4.79 Å². The maximum absolute atomic E-state index is 11.5. The summed E-state index contributed by atoms with van der Waals surface area (Å²) < 4.78 is 0. The summed E-state index contributed by atoms with van der Waals surface area (Å²) in [6.07, 6.45) is 1.27. The third-order valence-corrected chi connectivity index (χ3v) is 2.61. The Morgan fingerprint density at radius 2 is 2.29 bits per heavy atom. The number of amides is 3. The molecule has 1 rings (SSSR count). The van der Waals surface area contributed by atoms with Crippen LogP contribution >= 0.6 is 0 Å². The average molecular weight is 243 g/mol. The minimum Gasteiger partial charge on any atom is -0.480 e. The van der Waals surface area contributed by atoms with Gasteiger partial charge in [-0.25, -0.2) is 9.59 Å². The van der Waals surface area contributed by atoms with Crippen LogP contribution < -0.4 is 16.0 Å². The fourth-order valence-electron chi connectivity index (χ4n) is 1.58. The highest BCUT2D eigenvalue weighted by atomic mass is 16.4. The molecule has 0 bridgehead atoms. The highest BCUT2D eigenvalue weighted by Gasteiger charge is 2.22. The van der Waals surface area contributed by atoms with Crippen LogP contribution in [-0.2, 0) is 9.59 Å². The van der Waals surface area contributed by atoms with Gasteiger partial charge in [-0.15, -0.1) is 0 Å². The number of hydrogen-bond acceptors (Lipinski definition) is 3. The van der Waals surface area contributed by atoms with E-state index in [0.717, 1.165) is 0 Å². The Bertz CT molecular complexity index is 309. The molecule has 1 heterocycles. The molecule has 0 aliphatic carbocycles. The predicted octanol–water partition coefficient (Wildman–Crippen LogP) is -0.573. The lowest BCUT2D eigenvalue weighted by molar-refractivity contribution is -0.139. The van der Waals surface area contributed by atoms with Crippen molar-refractivity contribution in [1.82, 2.24) is 16.0 Å². The molecule has 0 spiro atoms. The van der Waals surface area contributed by atoms with E-state index in [4.69, 9.17) is 5.11 Å². The van der Waals surface area contributed by atoms with E-state index < -0.39 is 18.0 Å². The SMILES string of the molecule is CC[C@@H](NC(=O)NC1CCC(=O)NC1)C(=O)O. The summed E-state index contributed by atoms with van der Waals surface area (Å²) in [6.45, 7) is 2.07. The first-order chi connectivity index (χ1) is 8.02. The maximum Gasteiger partial charge on any atom is 0.326 e. The van der Waals surface area contributed by atoms with Crippen molar-refractivity contribution < 1.29 is 19.5 Å². The maximum atomic E-state index is 11.5. The molecule has 4 N–H and O–H groups in total. The van der Waals surface area contributed by atoms with Gasteiger partial charge in [-0.3, -0.25) is 4.79 Å². The third kappa shape index (κ3) is 4.29. The lowest BCUT2D eigenvalue weighted by Gasteiger charge is -2.24. The summed E-state index contributed by atoms with van der Waals surface area (Å²) in [5.41, 5.74) is 0. The average Bonchev–Trinajstić information content (AvgIpc) is 2.28. The van der Waals surface area contributed by atoms with Gasteiger partial charge in [-0.1, -0.05) is 6.92 Å². The minimum atomic E-state index is -1.06. The summed E-state index contributed by atoms with van der Waals surface area (Å²) in [5, 5.41) is 16.4. The molecule has 1 fully saturated rings. The zero-order chi connectivity index (χ0) is 12.8. The van der Waals surface area contributed by atoms with E-state index in [9.17, 15) is 14.4 Å². The first-order valence-corrected chi connectivity index (χ1v) is 5.59. The molecular weight excluding hydrogens is 226 g/mol. The first-order valence-electron chi connectivity index (χ1n) is 5.59. The van der Waals surface area contributed by atoms with Gasteiger partial charge < -0.3 is 21.1 Å². The summed E-state index contributed by atoms with van der Waals surface area (Å²) in [5.74, 6) is -1.08. The van der Waals surface area contributed by atoms with Crippen LogP contribution in [0.5, 0.6) is 0 Å². The molecule has 7 nitrogen and oxygen atoms in total. The number of piperidine rings is 1. The number of carbonyl (C=O) groups is 3. The van der Waals surface area contributed by atoms with Gasteiger partial charge in [-0.2, -0.15) is 0 Å². The molecule has 96 valence electrons. The van der Waals surface area contributed by atoms with Gasteiger partial charge in [0.15, 0.2) is 0 Å². The van der Waals surface area contributed by atoms with Crippen molar-refractivity contribution in [2.24, 2.45) is 0 Å². The van der Waals surface area contributed by atoms with Gasteiger partial charge in [0.25, 0.3) is 0 Å². The number of carbonyl (C=O) groups excluding carboxylic acids is 2. The first kappa shape index (κ1) is 13.3. The van der Waals surface area contributed by atoms with Crippen molar-refractivity contribution >= 4 is 17.9 Å². The van der Waals surface area contributed by atoms with Gasteiger partial charge >= 0.3 is 12.0 Å². The van der Waals surface area contributed by atoms with Gasteiger partial charge in [0, 0.05) is 19.0 Å². The van der Waals surface area contributed by atoms with Crippen LogP contribution in [0.25, 0.3) is 0 Å². The van der Waals surface area contributed by atoms with Crippen molar-refractivity contribution in [2.45, 2.75) is 38.3 Å². The quantitative estimate of drug-likeness (QED) is 0.530. The van der Waals surface area contributed by atoms with Crippen LogP contribution in [0.3, 0.4) is 0 Å². The molecule has 0 radical (unpaired) electrons. The number of urea groups is 1. The van der Waals surface area contributed by atoms with Gasteiger partial charge in [0.05, 0.1) is 0 Å². The number of rotatable bonds is 4. The summed E-state index contributed by atoms with van der Waals surface area (Å²) in [6, 6.07) is -1.53. The molecule has 2 atom stereocenters. The van der Waals surface area contributed by atoms with Crippen molar-refractivity contribution in [3.8, 4) is 0 Å². The second-order valence-corrected chi connectivity index (χ2v) is 3.96. The number of carboxylic acids is 1. The van der Waals surface area contributed by atoms with E-state index in [-0.39, 0.29) is 11.9 Å². The molecule has 0 aromatic heterocycles. The Kier molecular flexibility index (Phi) is 4.74. The highest BCUT2D eigenvalue weighted by Crippen LogP contribution is 2.02. The van der Waals surface area contributed by atoms with Gasteiger partial charge in [-0.05, 0) is 12.8 Å². The van der Waals surface area contributed by atoms with E-state index in [1.165, 1.54) is 0 Å². The molecule has 0 saturated carbocycles. The van der Waals surface area contributed by atoms with Crippen molar-refractivity contribution in [1.29, 1.82) is 0 Å². The summed E-state index contributed by atoms with van der Waals surface area (Å²) >= 11 is 0. The minimum absolute atomic E-state index is 0.0274. The molecule has 1 unspecified atom stereocenters. The predicted molar refractivity (Wildman–Crippen MR) is 59.4 cm³/mol. The molecule has 1 aliphatic rings. The molecule has 3 amide bonds. The van der Waals surface area contributed by atoms with Crippen LogP contribution in [0.1, 0.15) is 26.2 Å². The topological polar surface area (TPSA) is 108 Å². The number of nitrogens with one attached hydrogen (secondary N) is 3.